The van der Waals surface area contributed by atoms with Crippen molar-refractivity contribution in [2.24, 2.45) is 24.3 Å². The summed E-state index contributed by atoms with van der Waals surface area (Å²) in [6.45, 7) is 1.81. The number of benzene rings is 1. The molecule has 1 N–H and O–H groups in total. The predicted octanol–water partition coefficient (Wildman–Crippen LogP) is 2.23. The molecule has 1 aromatic carbocycles. The van der Waals surface area contributed by atoms with Crippen molar-refractivity contribution in [3.05, 3.63) is 36.7 Å². The topological polar surface area (TPSA) is 57.0 Å². The minimum Gasteiger partial charge on any atom is -0.393 e. The van der Waals surface area contributed by atoms with E-state index in [4.69, 9.17) is 0 Å². The number of aliphatic hydroxyl groups excluding tert-OH is 1. The number of aromatic nitrogens is 2. The first-order chi connectivity index (χ1) is 10.6. The first-order valence-electron chi connectivity index (χ1n) is 7.59. The van der Waals surface area contributed by atoms with Gasteiger partial charge in [0.25, 0.3) is 0 Å². The van der Waals surface area contributed by atoms with E-state index in [-0.39, 0.29) is 6.10 Å². The molecule has 1 aliphatic heterocycles. The molecule has 22 heavy (non-hydrogen) atoms. The Labute approximate surface area is 130 Å². The minimum atomic E-state index is -0.143. The molecule has 0 atom stereocenters. The highest BCUT2D eigenvalue weighted by molar-refractivity contribution is 5.52. The third-order valence-electron chi connectivity index (χ3n) is 4.08. The van der Waals surface area contributed by atoms with E-state index in [0.717, 1.165) is 37.6 Å². The summed E-state index contributed by atoms with van der Waals surface area (Å²) >= 11 is 0. The van der Waals surface area contributed by atoms with Crippen molar-refractivity contribution in [1.82, 2.24) is 4.57 Å². The highest BCUT2D eigenvalue weighted by Gasteiger charge is 2.17. The molecule has 3 rings (SSSR count). The summed E-state index contributed by atoms with van der Waals surface area (Å²) in [6, 6.07) is 8.09. The van der Waals surface area contributed by atoms with Crippen LogP contribution in [0.25, 0.3) is 0 Å². The number of rotatable bonds is 3. The number of anilines is 1. The third-order valence-corrected chi connectivity index (χ3v) is 4.08. The number of hydrogen-bond donors (Lipinski definition) is 1. The van der Waals surface area contributed by atoms with Gasteiger partial charge in [0.2, 0.25) is 0 Å². The highest BCUT2D eigenvalue weighted by Crippen LogP contribution is 2.24. The van der Waals surface area contributed by atoms with Crippen LogP contribution < -0.4 is 9.47 Å². The highest BCUT2D eigenvalue weighted by atomic mass is 16.3. The van der Waals surface area contributed by atoms with Crippen molar-refractivity contribution in [1.29, 1.82) is 0 Å². The Hall–Kier alpha value is -2.21. The Morgan fingerprint density at radius 2 is 1.82 bits per heavy atom. The fourth-order valence-corrected chi connectivity index (χ4v) is 2.68. The second-order valence-corrected chi connectivity index (χ2v) is 5.75. The van der Waals surface area contributed by atoms with Gasteiger partial charge in [0.1, 0.15) is 5.69 Å². The first-order valence-corrected chi connectivity index (χ1v) is 7.59. The van der Waals surface area contributed by atoms with Crippen LogP contribution in [0.4, 0.5) is 17.3 Å². The third kappa shape index (κ3) is 3.17. The van der Waals surface area contributed by atoms with Gasteiger partial charge >= 0.3 is 5.95 Å². The van der Waals surface area contributed by atoms with Gasteiger partial charge in [-0.25, -0.2) is 9.13 Å². The van der Waals surface area contributed by atoms with E-state index < -0.39 is 0 Å². The average molecular weight is 300 g/mol. The van der Waals surface area contributed by atoms with E-state index in [1.807, 2.05) is 47.8 Å². The number of nitrogens with zero attached hydrogens (tertiary/aromatic N) is 5. The molecule has 0 radical (unpaired) electrons. The summed E-state index contributed by atoms with van der Waals surface area (Å²) in [5.74, 6) is 0.800. The maximum atomic E-state index is 9.57. The SMILES string of the molecule is Cn1cc[n+](C)c1N=Nc1ccc(N2CCC(O)CC2)cc1. The molecule has 2 heterocycles. The van der Waals surface area contributed by atoms with Crippen LogP contribution in [-0.2, 0) is 14.1 Å². The summed E-state index contributed by atoms with van der Waals surface area (Å²) in [4.78, 5) is 2.30. The van der Waals surface area contributed by atoms with Crippen molar-refractivity contribution in [2.75, 3.05) is 18.0 Å². The fourth-order valence-electron chi connectivity index (χ4n) is 2.68. The summed E-state index contributed by atoms with van der Waals surface area (Å²) < 4.78 is 3.85. The largest absolute Gasteiger partial charge is 0.421 e. The molecule has 0 spiro atoms. The molecule has 0 saturated carbocycles. The van der Waals surface area contributed by atoms with Crippen LogP contribution in [0.15, 0.2) is 46.9 Å². The zero-order chi connectivity index (χ0) is 15.5. The lowest BCUT2D eigenvalue weighted by Gasteiger charge is -2.31. The van der Waals surface area contributed by atoms with Gasteiger partial charge in [-0.2, -0.15) is 0 Å². The Balaban J connectivity index is 1.69. The summed E-state index contributed by atoms with van der Waals surface area (Å²) in [7, 11) is 3.89. The van der Waals surface area contributed by atoms with Crippen LogP contribution in [-0.4, -0.2) is 28.9 Å². The van der Waals surface area contributed by atoms with Gasteiger partial charge in [-0.05, 0) is 37.1 Å². The zero-order valence-electron chi connectivity index (χ0n) is 13.1. The number of azo groups is 1. The molecule has 0 unspecified atom stereocenters. The van der Waals surface area contributed by atoms with E-state index in [1.165, 1.54) is 5.69 Å². The Morgan fingerprint density at radius 1 is 1.14 bits per heavy atom. The van der Waals surface area contributed by atoms with Crippen LogP contribution >= 0.6 is 0 Å². The number of hydrogen-bond acceptors (Lipinski definition) is 4. The summed E-state index contributed by atoms with van der Waals surface area (Å²) in [5.41, 5.74) is 2.01. The molecule has 6 nitrogen and oxygen atoms in total. The van der Waals surface area contributed by atoms with Gasteiger partial charge in [-0.15, -0.1) is 0 Å². The van der Waals surface area contributed by atoms with Crippen LogP contribution in [0.2, 0.25) is 0 Å². The van der Waals surface area contributed by atoms with Crippen molar-refractivity contribution < 1.29 is 9.67 Å². The standard InChI is InChI=1S/C16H22N5O/c1-19-11-12-20(2)16(19)18-17-13-3-5-14(6-4-13)21-9-7-15(22)8-10-21/h3-6,11-12,15,22H,7-10H2,1-2H3/q+1. The van der Waals surface area contributed by atoms with Gasteiger partial charge in [-0.3, -0.25) is 0 Å². The Morgan fingerprint density at radius 3 is 2.41 bits per heavy atom. The minimum absolute atomic E-state index is 0.143. The molecule has 2 aromatic rings. The van der Waals surface area contributed by atoms with E-state index in [0.29, 0.717) is 0 Å². The van der Waals surface area contributed by atoms with Crippen molar-refractivity contribution >= 4 is 17.3 Å². The quantitative estimate of drug-likeness (QED) is 0.698. The lowest BCUT2D eigenvalue weighted by molar-refractivity contribution is -0.657. The number of aliphatic hydroxyl groups is 1. The molecule has 1 fully saturated rings. The molecule has 1 aromatic heterocycles. The lowest BCUT2D eigenvalue weighted by atomic mass is 10.1. The molecule has 6 heteroatoms. The molecule has 0 amide bonds. The van der Waals surface area contributed by atoms with E-state index >= 15 is 0 Å². The Kier molecular flexibility index (Phi) is 4.20. The predicted molar refractivity (Wildman–Crippen MR) is 84.7 cm³/mol. The van der Waals surface area contributed by atoms with Crippen LogP contribution in [0.3, 0.4) is 0 Å². The maximum absolute atomic E-state index is 9.57. The number of aryl methyl sites for hydroxylation is 2. The zero-order valence-corrected chi connectivity index (χ0v) is 13.1. The number of piperidine rings is 1. The summed E-state index contributed by atoms with van der Waals surface area (Å²) in [6.07, 6.45) is 5.43. The molecule has 1 aliphatic rings. The van der Waals surface area contributed by atoms with Crippen LogP contribution in [0, 0.1) is 0 Å². The number of imidazole rings is 1. The second-order valence-electron chi connectivity index (χ2n) is 5.75. The normalized spacial score (nSPS) is 16.6. The fraction of sp³-hybridized carbons (Fsp3) is 0.438. The molecule has 116 valence electrons. The molecular weight excluding hydrogens is 278 g/mol. The van der Waals surface area contributed by atoms with Gasteiger partial charge in [0.15, 0.2) is 0 Å². The monoisotopic (exact) mass is 300 g/mol. The second kappa shape index (κ2) is 6.27. The van der Waals surface area contributed by atoms with Crippen LogP contribution in [0.5, 0.6) is 0 Å². The first kappa shape index (κ1) is 14.7. The van der Waals surface area contributed by atoms with E-state index in [9.17, 15) is 5.11 Å². The van der Waals surface area contributed by atoms with E-state index in [2.05, 4.69) is 27.3 Å². The van der Waals surface area contributed by atoms with Crippen LogP contribution in [0.1, 0.15) is 12.8 Å². The molecule has 1 saturated heterocycles. The smallest absolute Gasteiger partial charge is 0.393 e. The van der Waals surface area contributed by atoms with Gasteiger partial charge in [-0.1, -0.05) is 5.11 Å². The van der Waals surface area contributed by atoms with Crippen molar-refractivity contribution in [3.63, 3.8) is 0 Å². The molecule has 0 bridgehead atoms. The van der Waals surface area contributed by atoms with E-state index in [1.54, 1.807) is 0 Å². The molecule has 0 aliphatic carbocycles. The maximum Gasteiger partial charge on any atom is 0.421 e. The lowest BCUT2D eigenvalue weighted by Crippen LogP contribution is -2.35. The van der Waals surface area contributed by atoms with Gasteiger partial charge in [0, 0.05) is 23.9 Å². The molecular formula is C16H22N5O+. The average Bonchev–Trinajstić information content (AvgIpc) is 2.85. The van der Waals surface area contributed by atoms with Crippen molar-refractivity contribution in [3.8, 4) is 0 Å². The Bertz CT molecular complexity index is 634. The summed E-state index contributed by atoms with van der Waals surface area (Å²) in [5, 5.41) is 18.2. The van der Waals surface area contributed by atoms with Gasteiger partial charge in [0.05, 0.1) is 32.6 Å². The van der Waals surface area contributed by atoms with Gasteiger partial charge < -0.3 is 10.0 Å². The van der Waals surface area contributed by atoms with Crippen molar-refractivity contribution in [2.45, 2.75) is 18.9 Å².